The maximum atomic E-state index is 10.1. The van der Waals surface area contributed by atoms with Crippen molar-refractivity contribution in [3.8, 4) is 0 Å². The zero-order chi connectivity index (χ0) is 5.98. The predicted molar refractivity (Wildman–Crippen MR) is 24.4 cm³/mol. The number of rotatable bonds is 0. The molecule has 0 aliphatic rings. The van der Waals surface area contributed by atoms with Crippen LogP contribution < -0.4 is 45.8 Å². The van der Waals surface area contributed by atoms with Gasteiger partial charge in [0.1, 0.15) is 0 Å². The topological polar surface area (TPSA) is 76.9 Å². The Morgan fingerprint density at radius 1 is 1.56 bits per heavy atom. The minimum Gasteiger partial charge on any atom is -0.402 e. The van der Waals surface area contributed by atoms with E-state index in [1.54, 1.807) is 0 Å². The maximum absolute atomic E-state index is 10.1. The Kier molecular flexibility index (Phi) is 3.44. The number of aromatic nitrogens is 3. The van der Waals surface area contributed by atoms with Gasteiger partial charge in [0, 0.05) is 0 Å². The van der Waals surface area contributed by atoms with Gasteiger partial charge in [-0.2, -0.15) is 0 Å². The molecule has 42 valence electrons. The molecule has 0 saturated carbocycles. The molecule has 9 heavy (non-hydrogen) atoms. The second-order valence-corrected chi connectivity index (χ2v) is 1.12. The van der Waals surface area contributed by atoms with E-state index in [9.17, 15) is 9.59 Å². The van der Waals surface area contributed by atoms with Crippen molar-refractivity contribution in [3.05, 3.63) is 27.0 Å². The molecule has 0 aliphatic carbocycles. The Bertz CT molecular complexity index is 248. The summed E-state index contributed by atoms with van der Waals surface area (Å²) in [5.41, 5.74) is -1.59. The number of nitrogens with zero attached hydrogens (tertiary/aromatic N) is 2. The number of nitrogens with one attached hydrogen (secondary N) is 1. The standard InChI is InChI=1S/C3H3N3O2.Na/c7-2-3(8)6-5-1-4-2;/h1H,(H2,4,5,6,7,8);/q;+1/p-1. The predicted octanol–water partition coefficient (Wildman–Crippen LogP) is -4.91. The van der Waals surface area contributed by atoms with E-state index in [4.69, 9.17) is 0 Å². The third kappa shape index (κ3) is 2.13. The number of hydrogen-bond donors (Lipinski definition) is 1. The molecule has 0 spiro atoms. The minimum atomic E-state index is -0.806. The van der Waals surface area contributed by atoms with Gasteiger partial charge >= 0.3 is 29.6 Å². The monoisotopic (exact) mass is 135 g/mol. The third-order valence-corrected chi connectivity index (χ3v) is 0.593. The second-order valence-electron chi connectivity index (χ2n) is 1.12. The van der Waals surface area contributed by atoms with Crippen LogP contribution in [0, 0.1) is 0 Å². The zero-order valence-corrected chi connectivity index (χ0v) is 6.79. The Morgan fingerprint density at radius 3 is 2.56 bits per heavy atom. The average Bonchev–Trinajstić information content (AvgIpc) is 1.77. The first kappa shape index (κ1) is 8.61. The van der Waals surface area contributed by atoms with E-state index >= 15 is 0 Å². The quantitative estimate of drug-likeness (QED) is 0.285. The summed E-state index contributed by atoms with van der Waals surface area (Å²) >= 11 is 0. The Labute approximate surface area is 71.8 Å². The summed E-state index contributed by atoms with van der Waals surface area (Å²) in [5, 5.41) is 5.12. The molecule has 0 bridgehead atoms. The summed E-state index contributed by atoms with van der Waals surface area (Å²) < 4.78 is 0. The molecule has 1 aromatic rings. The molecule has 1 heterocycles. The third-order valence-electron chi connectivity index (χ3n) is 0.593. The number of H-pyrrole nitrogens is 1. The number of hydrogen-bond acceptors (Lipinski definition) is 3. The van der Waals surface area contributed by atoms with Gasteiger partial charge in [0.2, 0.25) is 5.56 Å². The fraction of sp³-hybridized carbons (Fsp3) is 0. The first-order valence-electron chi connectivity index (χ1n) is 1.87. The van der Waals surface area contributed by atoms with Crippen molar-refractivity contribution in [2.24, 2.45) is 0 Å². The smallest absolute Gasteiger partial charge is 0.402 e. The molecule has 0 saturated heterocycles. The summed E-state index contributed by atoms with van der Waals surface area (Å²) in [6.07, 6.45) is 0.990. The van der Waals surface area contributed by atoms with Gasteiger partial charge in [0.15, 0.2) is 0 Å². The zero-order valence-electron chi connectivity index (χ0n) is 4.79. The molecular weight excluding hydrogens is 133 g/mol. The van der Waals surface area contributed by atoms with Crippen molar-refractivity contribution in [2.45, 2.75) is 0 Å². The van der Waals surface area contributed by atoms with Crippen LogP contribution in [0.2, 0.25) is 0 Å². The largest absolute Gasteiger partial charge is 1.00 e. The van der Waals surface area contributed by atoms with Crippen LogP contribution in [-0.4, -0.2) is 10.1 Å². The van der Waals surface area contributed by atoms with Crippen molar-refractivity contribution in [1.82, 2.24) is 15.2 Å². The molecular formula is C3H2N3NaO2. The molecule has 0 amide bonds. The van der Waals surface area contributed by atoms with E-state index in [2.05, 4.69) is 10.1 Å². The first-order chi connectivity index (χ1) is 3.80. The van der Waals surface area contributed by atoms with Crippen LogP contribution in [-0.2, 0) is 0 Å². The van der Waals surface area contributed by atoms with Crippen molar-refractivity contribution >= 4 is 0 Å². The molecule has 5 nitrogen and oxygen atoms in total. The van der Waals surface area contributed by atoms with E-state index in [1.165, 1.54) is 0 Å². The van der Waals surface area contributed by atoms with Crippen LogP contribution in [0.15, 0.2) is 15.9 Å². The van der Waals surface area contributed by atoms with Crippen LogP contribution in [0.1, 0.15) is 0 Å². The Balaban J connectivity index is 0.000000640. The Hall–Kier alpha value is -0.390. The van der Waals surface area contributed by atoms with Gasteiger partial charge in [0.25, 0.3) is 5.56 Å². The summed E-state index contributed by atoms with van der Waals surface area (Å²) in [6.45, 7) is 0. The molecule has 0 unspecified atom stereocenters. The van der Waals surface area contributed by atoms with E-state index in [-0.39, 0.29) is 29.6 Å². The fourth-order valence-electron chi connectivity index (χ4n) is 0.275. The van der Waals surface area contributed by atoms with E-state index in [0.717, 1.165) is 6.33 Å². The van der Waals surface area contributed by atoms with Gasteiger partial charge in [-0.1, -0.05) is 6.33 Å². The Morgan fingerprint density at radius 2 is 2.22 bits per heavy atom. The molecule has 0 radical (unpaired) electrons. The van der Waals surface area contributed by atoms with E-state index < -0.39 is 11.1 Å². The molecule has 1 N–H and O–H groups in total. The maximum Gasteiger partial charge on any atom is 1.00 e. The van der Waals surface area contributed by atoms with E-state index in [0.29, 0.717) is 0 Å². The summed E-state index contributed by atoms with van der Waals surface area (Å²) in [4.78, 5) is 23.3. The van der Waals surface area contributed by atoms with Crippen LogP contribution in [0.4, 0.5) is 0 Å². The van der Waals surface area contributed by atoms with Crippen molar-refractivity contribution < 1.29 is 29.6 Å². The van der Waals surface area contributed by atoms with Crippen molar-refractivity contribution in [1.29, 1.82) is 0 Å². The molecule has 0 fully saturated rings. The van der Waals surface area contributed by atoms with Crippen LogP contribution in [0.25, 0.3) is 0 Å². The van der Waals surface area contributed by atoms with Crippen molar-refractivity contribution in [2.75, 3.05) is 0 Å². The summed E-state index contributed by atoms with van der Waals surface area (Å²) in [7, 11) is 0. The normalized spacial score (nSPS) is 8.00. The van der Waals surface area contributed by atoms with Crippen LogP contribution in [0.5, 0.6) is 0 Å². The number of aromatic amines is 1. The molecule has 0 aromatic carbocycles. The van der Waals surface area contributed by atoms with Gasteiger partial charge in [-0.3, -0.25) is 9.59 Å². The summed E-state index contributed by atoms with van der Waals surface area (Å²) in [6, 6.07) is 0. The van der Waals surface area contributed by atoms with E-state index in [1.807, 2.05) is 5.10 Å². The first-order valence-corrected chi connectivity index (χ1v) is 1.87. The summed E-state index contributed by atoms with van der Waals surface area (Å²) in [5.74, 6) is 0. The molecule has 1 rings (SSSR count). The van der Waals surface area contributed by atoms with Gasteiger partial charge in [-0.25, -0.2) is 0 Å². The molecule has 1 aromatic heterocycles. The van der Waals surface area contributed by atoms with Gasteiger partial charge in [0.05, 0.1) is 0 Å². The van der Waals surface area contributed by atoms with Gasteiger partial charge in [-0.05, 0) is 0 Å². The SMILES string of the molecule is O=c1nc[n-][nH]c1=O.[Na+]. The van der Waals surface area contributed by atoms with Crippen molar-refractivity contribution in [3.63, 3.8) is 0 Å². The van der Waals surface area contributed by atoms with Crippen LogP contribution >= 0.6 is 0 Å². The average molecular weight is 135 g/mol. The van der Waals surface area contributed by atoms with Gasteiger partial charge < -0.3 is 15.2 Å². The van der Waals surface area contributed by atoms with Gasteiger partial charge in [-0.15, -0.1) is 0 Å². The second kappa shape index (κ2) is 3.60. The minimum absolute atomic E-state index is 0. The molecule has 6 heteroatoms. The molecule has 0 aliphatic heterocycles. The fourth-order valence-corrected chi connectivity index (χ4v) is 0.275. The van der Waals surface area contributed by atoms with Crippen LogP contribution in [0.3, 0.4) is 0 Å². The molecule has 0 atom stereocenters.